The fourth-order valence-electron chi connectivity index (χ4n) is 2.50. The highest BCUT2D eigenvalue weighted by atomic mass is 35.5. The van der Waals surface area contributed by atoms with Crippen LogP contribution in [0.15, 0.2) is 53.4 Å². The molecule has 0 heterocycles. The zero-order valence-electron chi connectivity index (χ0n) is 14.0. The maximum Gasteiger partial charge on any atom is 0.261 e. The van der Waals surface area contributed by atoms with E-state index in [0.717, 1.165) is 31.6 Å². The van der Waals surface area contributed by atoms with Crippen LogP contribution in [-0.2, 0) is 10.0 Å². The lowest BCUT2D eigenvalue weighted by Crippen LogP contribution is -2.24. The summed E-state index contributed by atoms with van der Waals surface area (Å²) in [5, 5.41) is 0.392. The monoisotopic (exact) mass is 366 g/mol. The minimum absolute atomic E-state index is 0.151. The van der Waals surface area contributed by atoms with E-state index in [2.05, 4.69) is 23.5 Å². The Morgan fingerprint density at radius 3 is 2.17 bits per heavy atom. The molecule has 0 radical (unpaired) electrons. The lowest BCUT2D eigenvalue weighted by molar-refractivity contribution is 0.601. The lowest BCUT2D eigenvalue weighted by Gasteiger charge is -2.24. The zero-order chi connectivity index (χ0) is 17.6. The second-order valence-corrected chi connectivity index (χ2v) is 7.72. The molecule has 2 aromatic carbocycles. The first-order valence-corrected chi connectivity index (χ1v) is 9.95. The highest BCUT2D eigenvalue weighted by molar-refractivity contribution is 7.92. The number of hydrogen-bond acceptors (Lipinski definition) is 3. The van der Waals surface area contributed by atoms with Gasteiger partial charge < -0.3 is 4.90 Å². The molecule has 2 rings (SSSR count). The summed E-state index contributed by atoms with van der Waals surface area (Å²) in [4.78, 5) is 2.45. The quantitative estimate of drug-likeness (QED) is 0.732. The van der Waals surface area contributed by atoms with E-state index < -0.39 is 10.0 Å². The SMILES string of the molecule is CCCN(CCC)c1ccc(NS(=O)(=O)c2cccc(Cl)c2)cc1. The third-order valence-corrected chi connectivity index (χ3v) is 5.19. The molecule has 0 aliphatic rings. The van der Waals surface area contributed by atoms with Crippen molar-refractivity contribution in [3.63, 3.8) is 0 Å². The molecule has 0 aliphatic heterocycles. The Balaban J connectivity index is 2.16. The maximum atomic E-state index is 12.4. The van der Waals surface area contributed by atoms with Crippen molar-refractivity contribution in [3.05, 3.63) is 53.6 Å². The van der Waals surface area contributed by atoms with Gasteiger partial charge in [-0.05, 0) is 55.3 Å². The number of halogens is 1. The van der Waals surface area contributed by atoms with Gasteiger partial charge in [0.1, 0.15) is 0 Å². The van der Waals surface area contributed by atoms with Crippen LogP contribution in [0.5, 0.6) is 0 Å². The summed E-state index contributed by atoms with van der Waals surface area (Å²) in [7, 11) is -3.64. The van der Waals surface area contributed by atoms with Crippen LogP contribution < -0.4 is 9.62 Å². The van der Waals surface area contributed by atoms with Gasteiger partial charge in [0.25, 0.3) is 10.0 Å². The van der Waals surface area contributed by atoms with E-state index in [1.807, 2.05) is 12.1 Å². The van der Waals surface area contributed by atoms with Crippen molar-refractivity contribution in [1.82, 2.24) is 0 Å². The Hall–Kier alpha value is -1.72. The fraction of sp³-hybridized carbons (Fsp3) is 0.333. The summed E-state index contributed by atoms with van der Waals surface area (Å²) in [6.45, 7) is 6.27. The molecule has 0 saturated heterocycles. The lowest BCUT2D eigenvalue weighted by atomic mass is 10.2. The number of nitrogens with zero attached hydrogens (tertiary/aromatic N) is 1. The molecule has 4 nitrogen and oxygen atoms in total. The summed E-state index contributed by atoms with van der Waals surface area (Å²) in [5.41, 5.74) is 1.64. The van der Waals surface area contributed by atoms with Gasteiger partial charge in [0.05, 0.1) is 4.90 Å². The highest BCUT2D eigenvalue weighted by Gasteiger charge is 2.14. The van der Waals surface area contributed by atoms with Crippen LogP contribution in [0.3, 0.4) is 0 Å². The van der Waals surface area contributed by atoms with Crippen molar-refractivity contribution < 1.29 is 8.42 Å². The summed E-state index contributed by atoms with van der Waals surface area (Å²) in [5.74, 6) is 0. The van der Waals surface area contributed by atoms with Crippen molar-refractivity contribution in [1.29, 1.82) is 0 Å². The predicted molar refractivity (Wildman–Crippen MR) is 101 cm³/mol. The fourth-order valence-corrected chi connectivity index (χ4v) is 3.86. The predicted octanol–water partition coefficient (Wildman–Crippen LogP) is 4.77. The van der Waals surface area contributed by atoms with Crippen LogP contribution >= 0.6 is 11.6 Å². The molecule has 0 atom stereocenters. The van der Waals surface area contributed by atoms with Gasteiger partial charge >= 0.3 is 0 Å². The van der Waals surface area contributed by atoms with Gasteiger partial charge in [-0.1, -0.05) is 31.5 Å². The second-order valence-electron chi connectivity index (χ2n) is 5.60. The number of nitrogens with one attached hydrogen (secondary N) is 1. The van der Waals surface area contributed by atoms with Crippen LogP contribution in [0.1, 0.15) is 26.7 Å². The van der Waals surface area contributed by atoms with Gasteiger partial charge in [0.15, 0.2) is 0 Å². The molecule has 0 spiro atoms. The zero-order valence-corrected chi connectivity index (χ0v) is 15.6. The Morgan fingerprint density at radius 2 is 1.62 bits per heavy atom. The molecule has 0 fully saturated rings. The average Bonchev–Trinajstić information content (AvgIpc) is 2.55. The molecular formula is C18H23ClN2O2S. The highest BCUT2D eigenvalue weighted by Crippen LogP contribution is 2.22. The maximum absolute atomic E-state index is 12.4. The smallest absolute Gasteiger partial charge is 0.261 e. The van der Waals surface area contributed by atoms with Crippen molar-refractivity contribution in [2.75, 3.05) is 22.7 Å². The third-order valence-electron chi connectivity index (χ3n) is 3.58. The van der Waals surface area contributed by atoms with E-state index in [0.29, 0.717) is 10.7 Å². The van der Waals surface area contributed by atoms with Crippen LogP contribution in [0.25, 0.3) is 0 Å². The number of sulfonamides is 1. The minimum atomic E-state index is -3.64. The Bertz CT molecular complexity index is 755. The minimum Gasteiger partial charge on any atom is -0.372 e. The Labute approximate surface area is 149 Å². The molecule has 0 saturated carbocycles. The van der Waals surface area contributed by atoms with E-state index in [1.165, 1.54) is 12.1 Å². The van der Waals surface area contributed by atoms with Crippen LogP contribution in [0.2, 0.25) is 5.02 Å². The number of rotatable bonds is 8. The van der Waals surface area contributed by atoms with E-state index in [-0.39, 0.29) is 4.90 Å². The van der Waals surface area contributed by atoms with E-state index in [1.54, 1.807) is 24.3 Å². The van der Waals surface area contributed by atoms with Gasteiger partial charge in [0, 0.05) is 29.5 Å². The van der Waals surface area contributed by atoms with E-state index in [9.17, 15) is 8.42 Å². The largest absolute Gasteiger partial charge is 0.372 e. The van der Waals surface area contributed by atoms with E-state index >= 15 is 0 Å². The first-order chi connectivity index (χ1) is 11.5. The molecule has 0 unspecified atom stereocenters. The third kappa shape index (κ3) is 4.89. The van der Waals surface area contributed by atoms with Gasteiger partial charge in [-0.25, -0.2) is 8.42 Å². The molecule has 0 aliphatic carbocycles. The molecular weight excluding hydrogens is 344 g/mol. The normalized spacial score (nSPS) is 11.3. The van der Waals surface area contributed by atoms with Crippen molar-refractivity contribution >= 4 is 33.0 Å². The van der Waals surface area contributed by atoms with Crippen molar-refractivity contribution in [2.24, 2.45) is 0 Å². The van der Waals surface area contributed by atoms with Gasteiger partial charge in [0.2, 0.25) is 0 Å². The summed E-state index contributed by atoms with van der Waals surface area (Å²) >= 11 is 5.87. The van der Waals surface area contributed by atoms with Crippen molar-refractivity contribution in [2.45, 2.75) is 31.6 Å². The first-order valence-electron chi connectivity index (χ1n) is 8.09. The molecule has 0 amide bonds. The number of benzene rings is 2. The van der Waals surface area contributed by atoms with E-state index in [4.69, 9.17) is 11.6 Å². The average molecular weight is 367 g/mol. The molecule has 130 valence electrons. The van der Waals surface area contributed by atoms with Crippen LogP contribution in [-0.4, -0.2) is 21.5 Å². The number of hydrogen-bond donors (Lipinski definition) is 1. The van der Waals surface area contributed by atoms with Gasteiger partial charge in [-0.2, -0.15) is 0 Å². The molecule has 6 heteroatoms. The Morgan fingerprint density at radius 1 is 1.00 bits per heavy atom. The second kappa shape index (κ2) is 8.40. The summed E-state index contributed by atoms with van der Waals surface area (Å²) in [6.07, 6.45) is 2.15. The number of anilines is 2. The molecule has 24 heavy (non-hydrogen) atoms. The van der Waals surface area contributed by atoms with Crippen molar-refractivity contribution in [3.8, 4) is 0 Å². The summed E-state index contributed by atoms with van der Waals surface area (Å²) < 4.78 is 27.4. The van der Waals surface area contributed by atoms with Gasteiger partial charge in [-0.3, -0.25) is 4.72 Å². The standard InChI is InChI=1S/C18H23ClN2O2S/c1-3-12-21(13-4-2)17-10-8-16(9-11-17)20-24(22,23)18-7-5-6-15(19)14-18/h5-11,14,20H,3-4,12-13H2,1-2H3. The Kier molecular flexibility index (Phi) is 6.52. The molecule has 2 aromatic rings. The molecule has 1 N–H and O–H groups in total. The summed E-state index contributed by atoms with van der Waals surface area (Å²) in [6, 6.07) is 13.7. The molecule has 0 aromatic heterocycles. The molecule has 0 bridgehead atoms. The van der Waals surface area contributed by atoms with Crippen LogP contribution in [0.4, 0.5) is 11.4 Å². The topological polar surface area (TPSA) is 49.4 Å². The first kappa shape index (κ1) is 18.6. The van der Waals surface area contributed by atoms with Crippen LogP contribution in [0, 0.1) is 0 Å². The van der Waals surface area contributed by atoms with Gasteiger partial charge in [-0.15, -0.1) is 0 Å².